The number of aliphatic hydroxyl groups excluding tert-OH is 1. The van der Waals surface area contributed by atoms with Crippen molar-refractivity contribution in [2.24, 2.45) is 17.8 Å². The van der Waals surface area contributed by atoms with Crippen molar-refractivity contribution >= 4 is 137 Å². The minimum Gasteiger partial charge on any atom is -0.391 e. The van der Waals surface area contributed by atoms with Crippen LogP contribution in [0.3, 0.4) is 0 Å². The monoisotopic (exact) mass is 2010 g/mol. The lowest BCUT2D eigenvalue weighted by molar-refractivity contribution is -0.142. The van der Waals surface area contributed by atoms with E-state index in [0.717, 1.165) is 145 Å². The lowest BCUT2D eigenvalue weighted by Gasteiger charge is -2.35. The molecular weight excluding hydrogens is 1870 g/mol. The number of aliphatic hydroxyl groups is 1. The van der Waals surface area contributed by atoms with Crippen molar-refractivity contribution in [3.8, 4) is 45.0 Å². The Morgan fingerprint density at radius 2 is 0.638 bits per heavy atom. The van der Waals surface area contributed by atoms with Gasteiger partial charge in [0.15, 0.2) is 0 Å². The van der Waals surface area contributed by atoms with Gasteiger partial charge in [-0.15, -0.1) is 20.4 Å². The average molecular weight is 2010 g/mol. The normalized spacial score (nSPS) is 18.5. The van der Waals surface area contributed by atoms with Crippen LogP contribution < -0.4 is 63.8 Å². The fourth-order valence-electron chi connectivity index (χ4n) is 17.4. The third-order valence-electron chi connectivity index (χ3n) is 26.5. The van der Waals surface area contributed by atoms with E-state index in [2.05, 4.69) is 114 Å². The van der Waals surface area contributed by atoms with Gasteiger partial charge in [0.25, 0.3) is 0 Å². The van der Waals surface area contributed by atoms with Crippen molar-refractivity contribution in [2.45, 2.75) is 250 Å². The molecule has 1 saturated carbocycles. The number of likely N-dealkylation sites (N-methyl/N-ethyl adjacent to an activating group) is 3. The smallest absolute Gasteiger partial charge is 0.248 e. The summed E-state index contributed by atoms with van der Waals surface area (Å²) in [6, 6.07) is 40.9. The first-order valence-corrected chi connectivity index (χ1v) is 51.8. The van der Waals surface area contributed by atoms with E-state index >= 15 is 0 Å². The lowest BCUT2D eigenvalue weighted by atomic mass is 9.83. The van der Waals surface area contributed by atoms with E-state index in [4.69, 9.17) is 0 Å². The number of hydrogen-bond acceptors (Lipinski definition) is 29. The van der Waals surface area contributed by atoms with Gasteiger partial charge in [0, 0.05) is 94.6 Å². The van der Waals surface area contributed by atoms with Crippen LogP contribution >= 0.6 is 46.1 Å². The lowest BCUT2D eigenvalue weighted by Crippen LogP contribution is -2.58. The minimum absolute atomic E-state index is 0.0646. The largest absolute Gasteiger partial charge is 0.391 e. The van der Waals surface area contributed by atoms with E-state index < -0.39 is 90.4 Å². The third kappa shape index (κ3) is 29.7. The number of carbonyl (C=O) groups is 12. The predicted octanol–water partition coefficient (Wildman–Crippen LogP) is 9.97. The summed E-state index contributed by atoms with van der Waals surface area (Å²) < 4.78 is 16.0. The Hall–Kier alpha value is -12.2. The molecule has 41 heteroatoms. The summed E-state index contributed by atoms with van der Waals surface area (Å²) in [5.41, 5.74) is 7.09. The number of carbonyl (C=O) groups excluding carboxylic acids is 12. The van der Waals surface area contributed by atoms with Crippen LogP contribution in [0.2, 0.25) is 0 Å². The van der Waals surface area contributed by atoms with E-state index in [9.17, 15) is 62.6 Å². The Morgan fingerprint density at radius 1 is 0.355 bits per heavy atom. The van der Waals surface area contributed by atoms with Crippen LogP contribution in [-0.2, 0) is 64.0 Å². The van der Waals surface area contributed by atoms with E-state index in [0.29, 0.717) is 108 Å². The van der Waals surface area contributed by atoms with Gasteiger partial charge in [0.1, 0.15) is 91.1 Å². The molecule has 4 saturated heterocycles. The van der Waals surface area contributed by atoms with E-state index in [1.165, 1.54) is 17.4 Å². The van der Waals surface area contributed by atoms with Gasteiger partial charge in [-0.3, -0.25) is 57.5 Å². The molecule has 4 aliphatic heterocycles. The van der Waals surface area contributed by atoms with Crippen molar-refractivity contribution in [2.75, 3.05) is 75.1 Å². The summed E-state index contributed by atoms with van der Waals surface area (Å²) in [6.45, 7) is 18.8. The van der Waals surface area contributed by atoms with Crippen LogP contribution in [0.15, 0.2) is 152 Å². The van der Waals surface area contributed by atoms with Crippen LogP contribution in [0.1, 0.15) is 171 Å². The molecule has 8 heterocycles. The molecule has 0 radical (unpaired) electrons. The number of nitrogens with zero attached hydrogens (tertiary/aromatic N) is 12. The molecule has 5 aliphatic rings. The van der Waals surface area contributed by atoms with E-state index in [1.807, 2.05) is 174 Å². The molecule has 141 heavy (non-hydrogen) atoms. The number of likely N-dealkylation sites (tertiary alicyclic amines) is 4. The number of hydrogen-bond donors (Lipinski definition) is 13. The molecule has 1 unspecified atom stereocenters. The average Bonchev–Trinajstić information content (AvgIpc) is 1.71. The van der Waals surface area contributed by atoms with Gasteiger partial charge in [-0.1, -0.05) is 229 Å². The minimum atomic E-state index is -1.14. The highest BCUT2D eigenvalue weighted by Gasteiger charge is 2.46. The maximum absolute atomic E-state index is 14.1. The molecule has 1 aliphatic carbocycles. The number of amides is 12. The molecule has 13 N–H and O–H groups in total. The summed E-state index contributed by atoms with van der Waals surface area (Å²) >= 11 is 4.41. The fourth-order valence-corrected chi connectivity index (χ4v) is 19.8. The SMILES string of the molecule is CC(NCCCc1ccccc1)C(=O)N[C@H](C(=O)N1CCC[C@H]1C(=O)Nc1snnc1-c1ccccc1)C1CCCCC1.CC[C@@H](C)[C@H](NC(=O)[C@H](C)NC)C(=O)N1CCC[C@H]1C(=O)Nc1snnc1-c1ccccc1.CC[C@H](C)[C@H](NC(=O)[C@H](C)NC)C(=O)N1CCC[C@H]1C(=O)Nc1snnc1-c1ccccc1.CN[C@@H](C)C(=O)N[C@H](C(=O)N1CCC[C@H]1C(=O)Nc1snnc1-c1ccccc1)[C@@H](C)O. The first kappa shape index (κ1) is 109. The first-order valence-electron chi connectivity index (χ1n) is 48.7. The summed E-state index contributed by atoms with van der Waals surface area (Å²) in [7, 11) is 5.02. The van der Waals surface area contributed by atoms with Crippen LogP contribution in [0.25, 0.3) is 45.0 Å². The number of anilines is 4. The fraction of sp³-hybridized carbons (Fsp3) is 0.500. The summed E-state index contributed by atoms with van der Waals surface area (Å²) in [6.07, 6.45) is 12.2. The van der Waals surface area contributed by atoms with Gasteiger partial charge >= 0.3 is 0 Å². The molecule has 0 spiro atoms. The zero-order valence-electron chi connectivity index (χ0n) is 82.1. The van der Waals surface area contributed by atoms with Crippen molar-refractivity contribution < 1.29 is 62.6 Å². The van der Waals surface area contributed by atoms with Gasteiger partial charge < -0.3 is 88.5 Å². The van der Waals surface area contributed by atoms with Crippen LogP contribution in [0, 0.1) is 17.8 Å². The van der Waals surface area contributed by atoms with Gasteiger partial charge in [-0.2, -0.15) is 0 Å². The second kappa shape index (κ2) is 54.7. The van der Waals surface area contributed by atoms with Crippen LogP contribution in [0.4, 0.5) is 20.0 Å². The molecule has 37 nitrogen and oxygen atoms in total. The van der Waals surface area contributed by atoms with Gasteiger partial charge in [0.2, 0.25) is 70.9 Å². The van der Waals surface area contributed by atoms with Crippen LogP contribution in [-0.4, -0.2) is 266 Å². The second-order valence-electron chi connectivity index (χ2n) is 36.1. The molecule has 5 fully saturated rings. The topological polar surface area (TPSA) is 486 Å². The van der Waals surface area contributed by atoms with Gasteiger partial charge in [0.05, 0.1) is 30.3 Å². The molecule has 9 aromatic rings. The number of rotatable bonds is 38. The number of aromatic nitrogens is 8. The molecule has 5 aromatic carbocycles. The summed E-state index contributed by atoms with van der Waals surface area (Å²) in [5, 5.41) is 64.1. The van der Waals surface area contributed by atoms with Crippen molar-refractivity contribution in [1.82, 2.24) is 100 Å². The van der Waals surface area contributed by atoms with E-state index in [-0.39, 0.29) is 76.8 Å². The summed E-state index contributed by atoms with van der Waals surface area (Å²) in [5.74, 6) is -3.31. The zero-order chi connectivity index (χ0) is 101. The van der Waals surface area contributed by atoms with Crippen molar-refractivity contribution in [3.63, 3.8) is 0 Å². The number of benzene rings is 5. The maximum Gasteiger partial charge on any atom is 0.248 e. The maximum atomic E-state index is 14.1. The van der Waals surface area contributed by atoms with E-state index in [1.54, 1.807) is 56.6 Å². The molecule has 14 rings (SSSR count). The van der Waals surface area contributed by atoms with Gasteiger partial charge in [-0.05, 0) is 163 Å². The van der Waals surface area contributed by atoms with Crippen LogP contribution in [0.5, 0.6) is 0 Å². The molecule has 4 aromatic heterocycles. The molecular formula is C100H134N24O13S4. The molecule has 756 valence electrons. The second-order valence-corrected chi connectivity index (χ2v) is 39.1. The Labute approximate surface area is 840 Å². The highest BCUT2D eigenvalue weighted by Crippen LogP contribution is 2.37. The third-order valence-corrected chi connectivity index (χ3v) is 29.1. The summed E-state index contributed by atoms with van der Waals surface area (Å²) in [4.78, 5) is 164. The standard InChI is InChI=1S/C33H42N6O3S.2C23H32N6O3S.C21H28N6O4S/c1-23(34-21-11-15-24-13-5-2-6-14-24)30(40)35-29(26-18-9-4-10-19-26)33(42)39-22-12-20-27(39)31(41)36-32-28(37-38-43-32)25-16-7-3-8-17-25;2*1-5-14(2)18(25-20(30)15(3)24-4)23(32)29-13-9-12-17(29)21(31)26-22-19(27-28-33-22)16-10-7-6-8-11-16;1-12(22-3)18(29)23-16(13(2)28)21(31)27-11-7-10-15(27)19(30)24-20-17(25-26-32-20)14-8-5-4-6-9-14/h2-3,5-8,13-14,16-17,23,26-27,29,34H,4,9-12,15,18-22H2,1H3,(H,35,40)(H,36,41);2*6-8,10-11,14-15,17-18,24H,5,9,12-13H2,1-4H3,(H,25,30)(H,26,31);4-6,8-9,12-13,15-16,22,28H,7,10-11H2,1-3H3,(H,23,29)(H,24,30)/t23?,27-,29-;14-,15+,17+,18+;14-,15-,17-,18-;12-,13+,15-,16-/m0100/s1. The number of aryl methyl sites for hydroxylation is 1. The highest BCUT2D eigenvalue weighted by atomic mass is 32.1. The Balaban J connectivity index is 0.000000181. The Morgan fingerprint density at radius 3 is 0.936 bits per heavy atom. The Kier molecular flexibility index (Phi) is 42.3. The first-order chi connectivity index (χ1) is 68.1. The van der Waals surface area contributed by atoms with Crippen molar-refractivity contribution in [3.05, 3.63) is 157 Å². The molecule has 0 bridgehead atoms. The molecule has 15 atom stereocenters. The zero-order valence-corrected chi connectivity index (χ0v) is 85.3. The highest BCUT2D eigenvalue weighted by molar-refractivity contribution is 7.11. The van der Waals surface area contributed by atoms with Crippen molar-refractivity contribution in [1.29, 1.82) is 0 Å². The number of nitrogens with one attached hydrogen (secondary N) is 12. The predicted molar refractivity (Wildman–Crippen MR) is 548 cm³/mol. The van der Waals surface area contributed by atoms with Gasteiger partial charge in [-0.25, -0.2) is 0 Å². The Bertz CT molecular complexity index is 5410. The molecule has 12 amide bonds. The quantitative estimate of drug-likeness (QED) is 0.0160.